The molecule has 36 heavy (non-hydrogen) atoms. The van der Waals surface area contributed by atoms with Crippen LogP contribution in [-0.2, 0) is 4.74 Å². The van der Waals surface area contributed by atoms with Gasteiger partial charge >= 0.3 is 0 Å². The minimum atomic E-state index is 0.224. The summed E-state index contributed by atoms with van der Waals surface area (Å²) in [5.74, 6) is 7.86. The Morgan fingerprint density at radius 1 is 1.14 bits per heavy atom. The number of aliphatic hydroxyl groups excluding tert-OH is 1. The maximum atomic E-state index is 9.08. The molecule has 0 radical (unpaired) electrons. The second kappa shape index (κ2) is 11.7. The molecule has 4 N–H and O–H groups in total. The molecule has 4 heterocycles. The fraction of sp³-hybridized carbons (Fsp3) is 0.500. The number of nitrogens with one attached hydrogen (secondary N) is 3. The molecule has 2 aliphatic rings. The second-order valence-electron chi connectivity index (χ2n) is 9.32. The van der Waals surface area contributed by atoms with E-state index in [9.17, 15) is 0 Å². The zero-order chi connectivity index (χ0) is 24.7. The Labute approximate surface area is 211 Å². The highest BCUT2D eigenvalue weighted by atomic mass is 16.5. The Morgan fingerprint density at radius 3 is 2.72 bits per heavy atom. The van der Waals surface area contributed by atoms with Gasteiger partial charge in [0, 0.05) is 63.2 Å². The van der Waals surface area contributed by atoms with Gasteiger partial charge in [0.1, 0.15) is 5.52 Å². The van der Waals surface area contributed by atoms with E-state index in [-0.39, 0.29) is 6.61 Å². The van der Waals surface area contributed by atoms with E-state index in [1.807, 2.05) is 12.1 Å². The zero-order valence-electron chi connectivity index (χ0n) is 20.8. The summed E-state index contributed by atoms with van der Waals surface area (Å²) in [7, 11) is 0. The molecular formula is C26H34N8O2. The summed E-state index contributed by atoms with van der Waals surface area (Å²) in [6.45, 7) is 9.26. The van der Waals surface area contributed by atoms with E-state index in [4.69, 9.17) is 14.8 Å². The average Bonchev–Trinajstić information content (AvgIpc) is 3.37. The number of aliphatic hydroxyl groups is 1. The number of imidazole rings is 1. The van der Waals surface area contributed by atoms with Gasteiger partial charge in [-0.15, -0.1) is 0 Å². The summed E-state index contributed by atoms with van der Waals surface area (Å²) in [4.78, 5) is 21.5. The fourth-order valence-corrected chi connectivity index (χ4v) is 4.60. The fourth-order valence-electron chi connectivity index (χ4n) is 4.60. The maximum Gasteiger partial charge on any atom is 0.231 e. The van der Waals surface area contributed by atoms with Crippen LogP contribution in [0.25, 0.3) is 11.2 Å². The van der Waals surface area contributed by atoms with E-state index in [0.29, 0.717) is 17.6 Å². The monoisotopic (exact) mass is 490 g/mol. The van der Waals surface area contributed by atoms with Crippen molar-refractivity contribution in [3.8, 4) is 11.8 Å². The van der Waals surface area contributed by atoms with Crippen molar-refractivity contribution in [2.75, 3.05) is 69.7 Å². The first kappa shape index (κ1) is 24.5. The lowest BCUT2D eigenvalue weighted by Gasteiger charge is -2.33. The molecule has 2 aliphatic heterocycles. The van der Waals surface area contributed by atoms with Crippen LogP contribution in [0.2, 0.25) is 0 Å². The Bertz CT molecular complexity index is 1220. The molecule has 0 bridgehead atoms. The lowest BCUT2D eigenvalue weighted by atomic mass is 10.1. The van der Waals surface area contributed by atoms with Crippen LogP contribution in [0.15, 0.2) is 24.5 Å². The normalized spacial score (nSPS) is 17.6. The summed E-state index contributed by atoms with van der Waals surface area (Å²) < 4.78 is 5.47. The number of β-amino-alcohol motifs (C(OH)–C–C–N with tert-alkyl or cyclic N) is 1. The van der Waals surface area contributed by atoms with Gasteiger partial charge in [-0.3, -0.25) is 9.80 Å². The molecule has 0 spiro atoms. The molecule has 3 aromatic rings. The molecule has 0 amide bonds. The van der Waals surface area contributed by atoms with E-state index in [2.05, 4.69) is 60.2 Å². The Balaban J connectivity index is 1.23. The summed E-state index contributed by atoms with van der Waals surface area (Å²) in [6, 6.07) is 6.45. The third kappa shape index (κ3) is 6.12. The van der Waals surface area contributed by atoms with Gasteiger partial charge in [0.15, 0.2) is 11.5 Å². The smallest absolute Gasteiger partial charge is 0.231 e. The largest absolute Gasteiger partial charge is 0.395 e. The number of aromatic amines is 1. The minimum Gasteiger partial charge on any atom is -0.395 e. The van der Waals surface area contributed by atoms with Crippen molar-refractivity contribution in [2.24, 2.45) is 0 Å². The van der Waals surface area contributed by atoms with Crippen LogP contribution < -0.4 is 10.6 Å². The van der Waals surface area contributed by atoms with Crippen molar-refractivity contribution in [1.82, 2.24) is 29.7 Å². The van der Waals surface area contributed by atoms with Gasteiger partial charge in [0.25, 0.3) is 0 Å². The SMILES string of the molecule is Cc1cc(C#CCN2CCN(CCO)CC2)ccc1Nc1nc(NC2CCOCC2)c2nc[nH]c2n1. The molecule has 2 fully saturated rings. The molecule has 2 saturated heterocycles. The Kier molecular flexibility index (Phi) is 7.93. The summed E-state index contributed by atoms with van der Waals surface area (Å²) >= 11 is 0. The van der Waals surface area contributed by atoms with Crippen molar-refractivity contribution in [2.45, 2.75) is 25.8 Å². The number of fused-ring (bicyclic) bond motifs is 1. The van der Waals surface area contributed by atoms with Gasteiger partial charge in [0.2, 0.25) is 5.95 Å². The predicted octanol–water partition coefficient (Wildman–Crippen LogP) is 1.96. The van der Waals surface area contributed by atoms with Crippen molar-refractivity contribution >= 4 is 28.6 Å². The molecule has 10 heteroatoms. The molecule has 0 atom stereocenters. The number of ether oxygens (including phenoxy) is 1. The first-order valence-corrected chi connectivity index (χ1v) is 12.7. The molecule has 2 aromatic heterocycles. The van der Waals surface area contributed by atoms with Gasteiger partial charge in [-0.2, -0.15) is 9.97 Å². The molecule has 5 rings (SSSR count). The van der Waals surface area contributed by atoms with Gasteiger partial charge in [-0.1, -0.05) is 11.8 Å². The van der Waals surface area contributed by atoms with E-state index in [1.54, 1.807) is 6.33 Å². The maximum absolute atomic E-state index is 9.08. The number of anilines is 3. The van der Waals surface area contributed by atoms with Crippen LogP contribution in [0.1, 0.15) is 24.0 Å². The lowest BCUT2D eigenvalue weighted by molar-refractivity contribution is 0.0904. The number of piperazine rings is 1. The number of hydrogen-bond acceptors (Lipinski definition) is 9. The van der Waals surface area contributed by atoms with Gasteiger partial charge in [0.05, 0.1) is 19.5 Å². The van der Waals surface area contributed by atoms with E-state index in [0.717, 1.165) is 93.5 Å². The van der Waals surface area contributed by atoms with Crippen molar-refractivity contribution < 1.29 is 9.84 Å². The number of rotatable bonds is 7. The van der Waals surface area contributed by atoms with Crippen LogP contribution in [0, 0.1) is 18.8 Å². The number of hydrogen-bond donors (Lipinski definition) is 4. The number of benzene rings is 1. The zero-order valence-corrected chi connectivity index (χ0v) is 20.8. The van der Waals surface area contributed by atoms with E-state index < -0.39 is 0 Å². The summed E-state index contributed by atoms with van der Waals surface area (Å²) in [5.41, 5.74) is 4.44. The third-order valence-electron chi connectivity index (χ3n) is 6.73. The van der Waals surface area contributed by atoms with Crippen LogP contribution in [0.5, 0.6) is 0 Å². The molecular weight excluding hydrogens is 456 g/mol. The van der Waals surface area contributed by atoms with Gasteiger partial charge in [-0.05, 0) is 43.5 Å². The lowest BCUT2D eigenvalue weighted by Crippen LogP contribution is -2.47. The summed E-state index contributed by atoms with van der Waals surface area (Å²) in [6.07, 6.45) is 3.53. The molecule has 10 nitrogen and oxygen atoms in total. The Hall–Kier alpha value is -3.23. The molecule has 0 saturated carbocycles. The topological polar surface area (TPSA) is 114 Å². The standard InChI is InChI=1S/C26H34N8O2/c1-19-17-20(3-2-8-33-9-11-34(12-10-33)13-14-35)4-5-22(19)30-26-31-24-23(27-18-28-24)25(32-26)29-21-6-15-36-16-7-21/h4-5,17-18,21,35H,6-16H2,1H3,(H3,27,28,29,30,31,32). The summed E-state index contributed by atoms with van der Waals surface area (Å²) in [5, 5.41) is 16.0. The molecule has 1 aromatic carbocycles. The molecule has 0 unspecified atom stereocenters. The van der Waals surface area contributed by atoms with Crippen LogP contribution in [0.3, 0.4) is 0 Å². The van der Waals surface area contributed by atoms with Crippen LogP contribution in [-0.4, -0.2) is 100.0 Å². The average molecular weight is 491 g/mol. The first-order chi connectivity index (χ1) is 17.7. The van der Waals surface area contributed by atoms with Crippen LogP contribution in [0.4, 0.5) is 17.5 Å². The van der Waals surface area contributed by atoms with Gasteiger partial charge < -0.3 is 25.5 Å². The second-order valence-corrected chi connectivity index (χ2v) is 9.32. The quantitative estimate of drug-likeness (QED) is 0.369. The van der Waals surface area contributed by atoms with Crippen molar-refractivity contribution in [3.05, 3.63) is 35.7 Å². The molecule has 190 valence electrons. The highest BCUT2D eigenvalue weighted by molar-refractivity contribution is 5.84. The van der Waals surface area contributed by atoms with Crippen molar-refractivity contribution in [1.29, 1.82) is 0 Å². The first-order valence-electron chi connectivity index (χ1n) is 12.7. The minimum absolute atomic E-state index is 0.224. The number of H-pyrrole nitrogens is 1. The predicted molar refractivity (Wildman–Crippen MR) is 140 cm³/mol. The highest BCUT2D eigenvalue weighted by Gasteiger charge is 2.18. The Morgan fingerprint density at radius 2 is 1.94 bits per heavy atom. The number of aromatic nitrogens is 4. The van der Waals surface area contributed by atoms with Gasteiger partial charge in [-0.25, -0.2) is 4.98 Å². The third-order valence-corrected chi connectivity index (χ3v) is 6.73. The van der Waals surface area contributed by atoms with Crippen LogP contribution >= 0.6 is 0 Å². The van der Waals surface area contributed by atoms with E-state index in [1.165, 1.54) is 0 Å². The van der Waals surface area contributed by atoms with Crippen molar-refractivity contribution in [3.63, 3.8) is 0 Å². The number of nitrogens with zero attached hydrogens (tertiary/aromatic N) is 5. The molecule has 0 aliphatic carbocycles. The highest BCUT2D eigenvalue weighted by Crippen LogP contribution is 2.25. The number of aryl methyl sites for hydroxylation is 1. The van der Waals surface area contributed by atoms with E-state index >= 15 is 0 Å².